The number of carbonyl (C=O) groups excluding carboxylic acids is 2. The summed E-state index contributed by atoms with van der Waals surface area (Å²) in [4.78, 5) is 29.2. The molecule has 0 saturated carbocycles. The number of aromatic nitrogens is 1. The van der Waals surface area contributed by atoms with Crippen LogP contribution < -0.4 is 0 Å². The fourth-order valence-corrected chi connectivity index (χ4v) is 3.46. The molecule has 0 unspecified atom stereocenters. The van der Waals surface area contributed by atoms with E-state index in [1.165, 1.54) is 0 Å². The molecule has 3 aromatic rings. The molecule has 2 heterocycles. The Kier molecular flexibility index (Phi) is 4.93. The standard InChI is InChI=1S/C22H19NO5/c1-2-26-19(24)13-28-22(25)20-16-7-3-4-8-18(16)23-21-14(9-10-17(20)21)12-15-6-5-11-27-15/h3-8,11-12H,2,9-10,13H2,1H3. The van der Waals surface area contributed by atoms with Crippen molar-refractivity contribution in [2.24, 2.45) is 0 Å². The van der Waals surface area contributed by atoms with Gasteiger partial charge in [0.2, 0.25) is 0 Å². The summed E-state index contributed by atoms with van der Waals surface area (Å²) in [5.41, 5.74) is 3.79. The van der Waals surface area contributed by atoms with E-state index in [9.17, 15) is 9.59 Å². The maximum Gasteiger partial charge on any atom is 0.344 e. The van der Waals surface area contributed by atoms with Crippen molar-refractivity contribution in [3.05, 3.63) is 65.2 Å². The van der Waals surface area contributed by atoms with E-state index in [2.05, 4.69) is 0 Å². The van der Waals surface area contributed by atoms with Crippen molar-refractivity contribution >= 4 is 34.5 Å². The first-order chi connectivity index (χ1) is 13.7. The number of carbonyl (C=O) groups is 2. The molecule has 1 aliphatic carbocycles. The zero-order chi connectivity index (χ0) is 19.5. The van der Waals surface area contributed by atoms with E-state index in [-0.39, 0.29) is 6.61 Å². The summed E-state index contributed by atoms with van der Waals surface area (Å²) < 4.78 is 15.5. The van der Waals surface area contributed by atoms with Crippen molar-refractivity contribution in [2.45, 2.75) is 19.8 Å². The molecule has 0 atom stereocenters. The minimum absolute atomic E-state index is 0.241. The highest BCUT2D eigenvalue weighted by molar-refractivity contribution is 6.07. The molecule has 0 fully saturated rings. The molecule has 2 aromatic heterocycles. The number of nitrogens with zero attached hydrogens (tertiary/aromatic N) is 1. The SMILES string of the molecule is CCOC(=O)COC(=O)c1c2c(nc3ccccc13)C(=Cc1ccco1)CC2. The summed E-state index contributed by atoms with van der Waals surface area (Å²) in [6, 6.07) is 11.1. The topological polar surface area (TPSA) is 78.6 Å². The third kappa shape index (κ3) is 3.41. The van der Waals surface area contributed by atoms with Crippen molar-refractivity contribution in [2.75, 3.05) is 13.2 Å². The predicted octanol–water partition coefficient (Wildman–Crippen LogP) is 4.03. The van der Waals surface area contributed by atoms with Gasteiger partial charge in [0.1, 0.15) is 5.76 Å². The summed E-state index contributed by atoms with van der Waals surface area (Å²) in [6.45, 7) is 1.54. The van der Waals surface area contributed by atoms with Gasteiger partial charge in [-0.3, -0.25) is 0 Å². The van der Waals surface area contributed by atoms with E-state index < -0.39 is 18.5 Å². The second kappa shape index (κ2) is 7.68. The van der Waals surface area contributed by atoms with Crippen LogP contribution in [0.25, 0.3) is 22.6 Å². The van der Waals surface area contributed by atoms with Crippen LogP contribution in [0.4, 0.5) is 0 Å². The number of hydrogen-bond donors (Lipinski definition) is 0. The third-order valence-electron chi connectivity index (χ3n) is 4.63. The monoisotopic (exact) mass is 377 g/mol. The van der Waals surface area contributed by atoms with E-state index in [1.54, 1.807) is 13.2 Å². The highest BCUT2D eigenvalue weighted by atomic mass is 16.6. The van der Waals surface area contributed by atoms with Gasteiger partial charge in [-0.1, -0.05) is 18.2 Å². The fraction of sp³-hybridized carbons (Fsp3) is 0.227. The number of esters is 2. The molecule has 4 rings (SSSR count). The number of hydrogen-bond acceptors (Lipinski definition) is 6. The Morgan fingerprint density at radius 2 is 2.00 bits per heavy atom. The minimum Gasteiger partial charge on any atom is -0.465 e. The van der Waals surface area contributed by atoms with Crippen LogP contribution in [0.2, 0.25) is 0 Å². The lowest BCUT2D eigenvalue weighted by molar-refractivity contribution is -0.146. The number of allylic oxidation sites excluding steroid dienone is 1. The second-order valence-electron chi connectivity index (χ2n) is 6.40. The molecule has 0 radical (unpaired) electrons. The van der Waals surface area contributed by atoms with Crippen LogP contribution in [0, 0.1) is 0 Å². The van der Waals surface area contributed by atoms with Crippen LogP contribution in [-0.2, 0) is 20.7 Å². The molecule has 0 spiro atoms. The summed E-state index contributed by atoms with van der Waals surface area (Å²) in [5.74, 6) is -0.365. The van der Waals surface area contributed by atoms with E-state index in [0.717, 1.165) is 29.0 Å². The normalized spacial score (nSPS) is 14.2. The third-order valence-corrected chi connectivity index (χ3v) is 4.63. The summed E-state index contributed by atoms with van der Waals surface area (Å²) in [7, 11) is 0. The molecule has 0 aliphatic heterocycles. The fourth-order valence-electron chi connectivity index (χ4n) is 3.46. The highest BCUT2D eigenvalue weighted by Crippen LogP contribution is 2.37. The van der Waals surface area contributed by atoms with E-state index in [4.69, 9.17) is 18.9 Å². The van der Waals surface area contributed by atoms with Crippen molar-refractivity contribution in [3.63, 3.8) is 0 Å². The van der Waals surface area contributed by atoms with Gasteiger partial charge >= 0.3 is 11.9 Å². The first-order valence-corrected chi connectivity index (χ1v) is 9.16. The van der Waals surface area contributed by atoms with Gasteiger partial charge < -0.3 is 13.9 Å². The average Bonchev–Trinajstić information content (AvgIpc) is 3.35. The number of ether oxygens (including phenoxy) is 2. The Hall–Kier alpha value is -3.41. The van der Waals surface area contributed by atoms with Crippen LogP contribution >= 0.6 is 0 Å². The molecule has 0 saturated heterocycles. The molecule has 1 aromatic carbocycles. The molecule has 6 heteroatoms. The predicted molar refractivity (Wildman–Crippen MR) is 104 cm³/mol. The number of fused-ring (bicyclic) bond motifs is 2. The minimum atomic E-state index is -0.565. The average molecular weight is 377 g/mol. The second-order valence-corrected chi connectivity index (χ2v) is 6.40. The van der Waals surface area contributed by atoms with Gasteiger partial charge in [0.05, 0.1) is 29.6 Å². The summed E-state index contributed by atoms with van der Waals surface area (Å²) in [5, 5.41) is 0.717. The molecule has 6 nitrogen and oxygen atoms in total. The smallest absolute Gasteiger partial charge is 0.344 e. The zero-order valence-corrected chi connectivity index (χ0v) is 15.4. The first kappa shape index (κ1) is 18.0. The van der Waals surface area contributed by atoms with Gasteiger partial charge in [-0.15, -0.1) is 0 Å². The Morgan fingerprint density at radius 3 is 2.79 bits per heavy atom. The lowest BCUT2D eigenvalue weighted by atomic mass is 10.0. The Labute approximate surface area is 161 Å². The highest BCUT2D eigenvalue weighted by Gasteiger charge is 2.28. The summed E-state index contributed by atoms with van der Waals surface area (Å²) >= 11 is 0. The molecule has 0 amide bonds. The lowest BCUT2D eigenvalue weighted by Gasteiger charge is -2.12. The lowest BCUT2D eigenvalue weighted by Crippen LogP contribution is -2.18. The molecule has 28 heavy (non-hydrogen) atoms. The number of pyridine rings is 1. The molecular formula is C22H19NO5. The van der Waals surface area contributed by atoms with Gasteiger partial charge in [-0.25, -0.2) is 14.6 Å². The number of furan rings is 1. The van der Waals surface area contributed by atoms with Crippen molar-refractivity contribution < 1.29 is 23.5 Å². The Balaban J connectivity index is 1.76. The van der Waals surface area contributed by atoms with Gasteiger partial charge in [0.25, 0.3) is 0 Å². The molecule has 142 valence electrons. The van der Waals surface area contributed by atoms with Gasteiger partial charge in [0, 0.05) is 5.39 Å². The van der Waals surface area contributed by atoms with Gasteiger partial charge in [0.15, 0.2) is 6.61 Å². The zero-order valence-electron chi connectivity index (χ0n) is 15.4. The van der Waals surface area contributed by atoms with Crippen molar-refractivity contribution in [1.29, 1.82) is 0 Å². The number of para-hydroxylation sites is 1. The van der Waals surface area contributed by atoms with E-state index >= 15 is 0 Å². The van der Waals surface area contributed by atoms with Crippen LogP contribution in [-0.4, -0.2) is 30.1 Å². The Bertz CT molecular complexity index is 1070. The molecule has 1 aliphatic rings. The van der Waals surface area contributed by atoms with E-state index in [0.29, 0.717) is 22.9 Å². The number of rotatable bonds is 5. The van der Waals surface area contributed by atoms with Crippen molar-refractivity contribution in [3.8, 4) is 0 Å². The van der Waals surface area contributed by atoms with Crippen LogP contribution in [0.1, 0.15) is 40.7 Å². The maximum atomic E-state index is 12.9. The van der Waals surface area contributed by atoms with Crippen LogP contribution in [0.3, 0.4) is 0 Å². The molecular weight excluding hydrogens is 358 g/mol. The number of benzene rings is 1. The molecule has 0 N–H and O–H groups in total. The van der Waals surface area contributed by atoms with Gasteiger partial charge in [-0.2, -0.15) is 0 Å². The summed E-state index contributed by atoms with van der Waals surface area (Å²) in [6.07, 6.45) is 4.98. The van der Waals surface area contributed by atoms with Crippen LogP contribution in [0.15, 0.2) is 47.1 Å². The Morgan fingerprint density at radius 1 is 1.14 bits per heavy atom. The van der Waals surface area contributed by atoms with E-state index in [1.807, 2.05) is 42.5 Å². The maximum absolute atomic E-state index is 12.9. The molecule has 0 bridgehead atoms. The first-order valence-electron chi connectivity index (χ1n) is 9.16. The largest absolute Gasteiger partial charge is 0.465 e. The van der Waals surface area contributed by atoms with Crippen molar-refractivity contribution in [1.82, 2.24) is 4.98 Å². The van der Waals surface area contributed by atoms with Gasteiger partial charge in [-0.05, 0) is 55.2 Å². The quantitative estimate of drug-likeness (QED) is 0.625. The van der Waals surface area contributed by atoms with Crippen LogP contribution in [0.5, 0.6) is 0 Å².